The number of aryl methyl sites for hydroxylation is 1. The van der Waals surface area contributed by atoms with Crippen LogP contribution in [0.25, 0.3) is 43.4 Å². The van der Waals surface area contributed by atoms with Crippen LogP contribution in [0.5, 0.6) is 0 Å². The van der Waals surface area contributed by atoms with Crippen molar-refractivity contribution in [2.75, 3.05) is 38.8 Å². The zero-order valence-electron chi connectivity index (χ0n) is 47.7. The number of carbonyl (C=O) groups is 8. The molecular formula is C56H59N13O13S6. The average Bonchev–Trinajstić information content (AvgIpc) is 2.71. The van der Waals surface area contributed by atoms with Gasteiger partial charge >= 0.3 is 18.0 Å². The highest BCUT2D eigenvalue weighted by Crippen LogP contribution is 2.40. The smallest absolute Gasteiger partial charge is 0.415 e. The topological polar surface area (TPSA) is 383 Å². The van der Waals surface area contributed by atoms with Crippen LogP contribution >= 0.6 is 68.0 Å². The second-order valence-corrected chi connectivity index (χ2v) is 25.5. The zero-order chi connectivity index (χ0) is 63.2. The highest BCUT2D eigenvalue weighted by atomic mass is 32.1. The van der Waals surface area contributed by atoms with Crippen LogP contribution in [0.15, 0.2) is 64.0 Å². The lowest BCUT2D eigenvalue weighted by Gasteiger charge is -2.23. The molecule has 1 unspecified atom stereocenters. The van der Waals surface area contributed by atoms with Crippen molar-refractivity contribution in [3.8, 4) is 43.4 Å². The van der Waals surface area contributed by atoms with Crippen molar-refractivity contribution in [3.63, 3.8) is 0 Å². The number of thiazole rings is 6. The van der Waals surface area contributed by atoms with Crippen molar-refractivity contribution in [2.45, 2.75) is 83.7 Å². The molecule has 462 valence electrons. The summed E-state index contributed by atoms with van der Waals surface area (Å²) >= 11 is 7.15. The Morgan fingerprint density at radius 2 is 1.42 bits per heavy atom. The molecule has 0 aliphatic rings. The largest absolute Gasteiger partial charge is 0.481 e. The Kier molecular flexibility index (Phi) is 22.9. The number of methoxy groups -OCH3 is 1. The summed E-state index contributed by atoms with van der Waals surface area (Å²) in [4.78, 5) is 136. The molecule has 0 saturated heterocycles. The Morgan fingerprint density at radius 1 is 0.716 bits per heavy atom. The average molecular weight is 1310 g/mol. The molecule has 7 heterocycles. The summed E-state index contributed by atoms with van der Waals surface area (Å²) in [6, 6.07) is 9.58. The van der Waals surface area contributed by atoms with Crippen molar-refractivity contribution in [1.29, 1.82) is 0 Å². The van der Waals surface area contributed by atoms with E-state index in [-0.39, 0.29) is 86.6 Å². The highest BCUT2D eigenvalue weighted by molar-refractivity contribution is 7.15. The molecular weight excluding hydrogens is 1260 g/mol. The van der Waals surface area contributed by atoms with Gasteiger partial charge in [-0.05, 0) is 43.4 Å². The van der Waals surface area contributed by atoms with Gasteiger partial charge in [-0.25, -0.2) is 39.7 Å². The molecule has 5 amide bonds. The summed E-state index contributed by atoms with van der Waals surface area (Å²) in [5, 5.41) is 50.3. The van der Waals surface area contributed by atoms with Crippen LogP contribution in [0, 0.1) is 12.8 Å². The van der Waals surface area contributed by atoms with Crippen molar-refractivity contribution in [2.24, 2.45) is 11.7 Å². The monoisotopic (exact) mass is 1310 g/mol. The zero-order valence-corrected chi connectivity index (χ0v) is 52.6. The number of carbonyl (C=O) groups excluding carboxylic acids is 6. The van der Waals surface area contributed by atoms with Gasteiger partial charge in [0.05, 0.1) is 42.4 Å². The Bertz CT molecular complexity index is 3800. The van der Waals surface area contributed by atoms with Gasteiger partial charge in [-0.2, -0.15) is 0 Å². The lowest BCUT2D eigenvalue weighted by atomic mass is 10.0. The standard InChI is InChI=1S/C56H59N13O13S6/c1-27(2)42(66-49(79)43-28(3)87-51(67-43)32(57)19-38(71)58-4)55-68-45(36(88-55)22-81-5)48(78)59-20-39(72)65-46(47(77)29-11-7-6-8-12-29)54-63-35(25-85-54)53-62-34(24-84-53)44-31(50-60-30(21-70)23-83-50)15-16-33(61-44)52-64-37(26-86-52)69(17-9-13-40(73)74)56(80)82-18-10-14-41(75)76/h6-8,11-12,15-16,21,23-27,32,42,46-47,77H,9-10,13-14,17-20,22,57H2,1-5H3,(H,58,71)(H,59,78)(H,65,72)(H,66,79)(H,73,74)(H,75,76)/t32-,42?,46-,47-/m0/s1. The highest BCUT2D eigenvalue weighted by Gasteiger charge is 2.32. The van der Waals surface area contributed by atoms with Gasteiger partial charge in [0.15, 0.2) is 6.29 Å². The van der Waals surface area contributed by atoms with E-state index >= 15 is 0 Å². The van der Waals surface area contributed by atoms with E-state index in [1.807, 2.05) is 13.8 Å². The number of nitrogens with zero attached hydrogens (tertiary/aromatic N) is 8. The second-order valence-electron chi connectivity index (χ2n) is 19.6. The minimum absolute atomic E-state index is 0.00571. The summed E-state index contributed by atoms with van der Waals surface area (Å²) < 4.78 is 10.8. The van der Waals surface area contributed by atoms with Gasteiger partial charge < -0.3 is 51.8 Å². The number of hydrogen-bond donors (Lipinski definition) is 8. The van der Waals surface area contributed by atoms with Gasteiger partial charge in [0.1, 0.15) is 82.2 Å². The number of amides is 5. The van der Waals surface area contributed by atoms with Gasteiger partial charge in [-0.3, -0.25) is 38.5 Å². The number of aliphatic hydroxyl groups excluding tert-OH is 1. The van der Waals surface area contributed by atoms with Gasteiger partial charge in [-0.15, -0.1) is 68.0 Å². The van der Waals surface area contributed by atoms with Crippen LogP contribution in [0.4, 0.5) is 10.6 Å². The van der Waals surface area contributed by atoms with E-state index in [1.54, 1.807) is 70.9 Å². The van der Waals surface area contributed by atoms with Crippen LogP contribution in [0.3, 0.4) is 0 Å². The quantitative estimate of drug-likeness (QED) is 0.0156. The number of carboxylic acid groups (broad SMARTS) is 2. The van der Waals surface area contributed by atoms with E-state index in [9.17, 15) is 48.6 Å². The number of rotatable bonds is 30. The van der Waals surface area contributed by atoms with Crippen LogP contribution < -0.4 is 31.9 Å². The van der Waals surface area contributed by atoms with Crippen molar-refractivity contribution in [3.05, 3.63) is 111 Å². The number of pyridine rings is 1. The number of aldehydes is 1. The van der Waals surface area contributed by atoms with Crippen LogP contribution in [0.1, 0.15) is 132 Å². The fourth-order valence-corrected chi connectivity index (χ4v) is 14.0. The Balaban J connectivity index is 1.01. The summed E-state index contributed by atoms with van der Waals surface area (Å²) in [7, 11) is 2.96. The second kappa shape index (κ2) is 30.6. The number of aliphatic hydroxyl groups is 1. The van der Waals surface area contributed by atoms with Crippen molar-refractivity contribution in [1.82, 2.24) is 56.2 Å². The third-order valence-electron chi connectivity index (χ3n) is 12.9. The van der Waals surface area contributed by atoms with Crippen LogP contribution in [-0.2, 0) is 35.3 Å². The number of benzene rings is 1. The molecule has 26 nitrogen and oxygen atoms in total. The molecule has 0 bridgehead atoms. The molecule has 8 rings (SSSR count). The number of hydrogen-bond acceptors (Lipinski definition) is 25. The normalized spacial score (nSPS) is 12.6. The molecule has 0 fully saturated rings. The van der Waals surface area contributed by atoms with Crippen molar-refractivity contribution < 1.29 is 63.1 Å². The molecule has 9 N–H and O–H groups in total. The molecule has 0 spiro atoms. The number of carboxylic acids is 2. The predicted molar refractivity (Wildman–Crippen MR) is 331 cm³/mol. The number of ether oxygens (including phenoxy) is 2. The summed E-state index contributed by atoms with van der Waals surface area (Å²) in [6.07, 6.45) is -1.83. The van der Waals surface area contributed by atoms with E-state index in [2.05, 4.69) is 41.2 Å². The molecule has 32 heteroatoms. The Hall–Kier alpha value is -8.21. The number of aromatic nitrogens is 7. The van der Waals surface area contributed by atoms with E-state index in [0.29, 0.717) is 80.0 Å². The predicted octanol–water partition coefficient (Wildman–Crippen LogP) is 8.01. The first kappa shape index (κ1) is 65.8. The minimum atomic E-state index is -1.31. The van der Waals surface area contributed by atoms with E-state index in [1.165, 1.54) is 64.4 Å². The first-order chi connectivity index (χ1) is 42.2. The molecule has 8 aromatic rings. The number of nitrogens with one attached hydrogen (secondary N) is 4. The summed E-state index contributed by atoms with van der Waals surface area (Å²) in [5.74, 6) is -4.29. The fourth-order valence-electron chi connectivity index (χ4n) is 8.49. The SMILES string of the molecule is CNC(=O)C[C@H](N)c1nc(C(=O)NC(c2nc(C(=O)NCC(=O)N[C@H](c3nc(-c4nc(-c5nc(-c6nc(N(CCCC(=O)O)C(=O)OCCCC(=O)O)cs6)ccc5-c5nc(C=O)cs5)cs4)cs3)[C@@H](O)c3ccccc3)c(COC)s2)C(C)C)c(C)s1. The Labute approximate surface area is 526 Å². The first-order valence-corrected chi connectivity index (χ1v) is 32.1. The molecule has 0 aliphatic carbocycles. The summed E-state index contributed by atoms with van der Waals surface area (Å²) in [5.41, 5.74) is 9.09. The molecule has 7 aromatic heterocycles. The molecule has 0 saturated carbocycles. The number of anilines is 1. The number of nitrogens with two attached hydrogens (primary N) is 1. The van der Waals surface area contributed by atoms with E-state index < -0.39 is 66.5 Å². The fraction of sp³-hybridized carbons (Fsp3) is 0.339. The first-order valence-electron chi connectivity index (χ1n) is 27.0. The van der Waals surface area contributed by atoms with Crippen molar-refractivity contribution >= 4 is 122 Å². The third-order valence-corrected chi connectivity index (χ3v) is 18.7. The molecule has 0 radical (unpaired) electrons. The van der Waals surface area contributed by atoms with E-state index in [4.69, 9.17) is 35.3 Å². The van der Waals surface area contributed by atoms with Gasteiger partial charge in [0.25, 0.3) is 11.8 Å². The maximum Gasteiger partial charge on any atom is 0.415 e. The molecule has 88 heavy (non-hydrogen) atoms. The maximum atomic E-state index is 14.0. The van der Waals surface area contributed by atoms with Crippen LogP contribution in [-0.4, -0.2) is 132 Å². The summed E-state index contributed by atoms with van der Waals surface area (Å²) in [6.45, 7) is 4.71. The Morgan fingerprint density at radius 3 is 2.12 bits per heavy atom. The maximum absolute atomic E-state index is 14.0. The molecule has 1 aromatic carbocycles. The lowest BCUT2D eigenvalue weighted by Crippen LogP contribution is -2.40. The lowest BCUT2D eigenvalue weighted by molar-refractivity contribution is -0.138. The van der Waals surface area contributed by atoms with Crippen LogP contribution in [0.2, 0.25) is 0 Å². The third kappa shape index (κ3) is 16.7. The van der Waals surface area contributed by atoms with Gasteiger partial charge in [0.2, 0.25) is 11.8 Å². The molecule has 4 atom stereocenters. The van der Waals surface area contributed by atoms with E-state index in [0.717, 1.165) is 22.7 Å². The van der Waals surface area contributed by atoms with Gasteiger partial charge in [-0.1, -0.05) is 44.2 Å². The number of aliphatic carboxylic acids is 2. The minimum Gasteiger partial charge on any atom is -0.481 e. The molecule has 0 aliphatic heterocycles. The van der Waals surface area contributed by atoms with Gasteiger partial charge in [0, 0.05) is 71.9 Å².